The molecule has 0 bridgehead atoms. The average molecular weight is 382 g/mol. The minimum atomic E-state index is -3.72. The normalized spacial score (nSPS) is 11.7. The Kier molecular flexibility index (Phi) is 6.08. The summed E-state index contributed by atoms with van der Waals surface area (Å²) in [5.41, 5.74) is 0.777. The van der Waals surface area contributed by atoms with Gasteiger partial charge in [-0.05, 0) is 59.2 Å². The molecule has 0 aliphatic heterocycles. The maximum absolute atomic E-state index is 12.4. The van der Waals surface area contributed by atoms with E-state index in [1.54, 1.807) is 18.2 Å². The molecule has 1 N–H and O–H groups in total. The van der Waals surface area contributed by atoms with Crippen LogP contribution >= 0.6 is 0 Å². The fourth-order valence-corrected chi connectivity index (χ4v) is 3.37. The van der Waals surface area contributed by atoms with E-state index in [-0.39, 0.29) is 4.90 Å². The number of ether oxygens (including phenoxy) is 1. The zero-order chi connectivity index (χ0) is 19.1. The third-order valence-corrected chi connectivity index (χ3v) is 5.28. The summed E-state index contributed by atoms with van der Waals surface area (Å²) in [5, 5.41) is 5.72. The Morgan fingerprint density at radius 2 is 1.74 bits per heavy atom. The summed E-state index contributed by atoms with van der Waals surface area (Å²) in [6, 6.07) is 19.9. The fraction of sp³-hybridized carbons (Fsp3) is 0.190. The van der Waals surface area contributed by atoms with Gasteiger partial charge in [0, 0.05) is 0 Å². The van der Waals surface area contributed by atoms with E-state index in [0.717, 1.165) is 34.9 Å². The van der Waals surface area contributed by atoms with Gasteiger partial charge in [0.2, 0.25) is 0 Å². The Morgan fingerprint density at radius 3 is 2.48 bits per heavy atom. The number of sulfonamides is 1. The topological polar surface area (TPSA) is 67.8 Å². The standard InChI is InChI=1S/C21H22N2O3S/c1-2-3-14-26-20-11-8-17(9-12-20)16-22-23-27(24,25)21-13-10-18-6-4-5-7-19(18)15-21/h4-13,15-16,23H,2-3,14H2,1H3/b22-16-. The Hall–Kier alpha value is -2.86. The van der Waals surface area contributed by atoms with Crippen molar-refractivity contribution >= 4 is 27.0 Å². The van der Waals surface area contributed by atoms with E-state index in [0.29, 0.717) is 6.61 Å². The first-order valence-electron chi connectivity index (χ1n) is 8.85. The van der Waals surface area contributed by atoms with Crippen molar-refractivity contribution in [3.05, 3.63) is 72.3 Å². The van der Waals surface area contributed by atoms with Gasteiger partial charge in [0.1, 0.15) is 5.75 Å². The van der Waals surface area contributed by atoms with Gasteiger partial charge in [0.25, 0.3) is 10.0 Å². The summed E-state index contributed by atoms with van der Waals surface area (Å²) >= 11 is 0. The first-order chi connectivity index (χ1) is 13.1. The van der Waals surface area contributed by atoms with E-state index in [1.807, 2.05) is 48.5 Å². The maximum atomic E-state index is 12.4. The summed E-state index contributed by atoms with van der Waals surface area (Å²) in [4.78, 5) is 2.43. The molecule has 3 aromatic rings. The van der Waals surface area contributed by atoms with Crippen LogP contribution < -0.4 is 9.57 Å². The molecule has 0 atom stereocenters. The molecule has 0 aromatic heterocycles. The summed E-state index contributed by atoms with van der Waals surface area (Å²) < 4.78 is 30.4. The van der Waals surface area contributed by atoms with Crippen LogP contribution in [0.5, 0.6) is 5.75 Å². The van der Waals surface area contributed by atoms with Gasteiger partial charge < -0.3 is 4.74 Å². The minimum absolute atomic E-state index is 0.179. The lowest BCUT2D eigenvalue weighted by Crippen LogP contribution is -2.18. The van der Waals surface area contributed by atoms with Crippen LogP contribution in [0.3, 0.4) is 0 Å². The average Bonchev–Trinajstić information content (AvgIpc) is 2.69. The van der Waals surface area contributed by atoms with E-state index in [1.165, 1.54) is 6.21 Å². The van der Waals surface area contributed by atoms with Crippen molar-refractivity contribution in [2.75, 3.05) is 6.61 Å². The highest BCUT2D eigenvalue weighted by atomic mass is 32.2. The van der Waals surface area contributed by atoms with Crippen LogP contribution in [-0.4, -0.2) is 21.2 Å². The van der Waals surface area contributed by atoms with Crippen LogP contribution in [0.4, 0.5) is 0 Å². The van der Waals surface area contributed by atoms with Crippen LogP contribution in [0.1, 0.15) is 25.3 Å². The Balaban J connectivity index is 1.65. The highest BCUT2D eigenvalue weighted by Gasteiger charge is 2.12. The van der Waals surface area contributed by atoms with Crippen LogP contribution in [0, 0.1) is 0 Å². The van der Waals surface area contributed by atoms with Crippen LogP contribution in [0.15, 0.2) is 76.7 Å². The van der Waals surface area contributed by atoms with E-state index in [9.17, 15) is 8.42 Å². The van der Waals surface area contributed by atoms with E-state index < -0.39 is 10.0 Å². The van der Waals surface area contributed by atoms with Gasteiger partial charge >= 0.3 is 0 Å². The van der Waals surface area contributed by atoms with Crippen molar-refractivity contribution in [1.29, 1.82) is 0 Å². The number of hydrogen-bond acceptors (Lipinski definition) is 4. The zero-order valence-corrected chi connectivity index (χ0v) is 15.9. The molecule has 140 valence electrons. The van der Waals surface area contributed by atoms with Gasteiger partial charge in [0.15, 0.2) is 0 Å². The predicted molar refractivity (Wildman–Crippen MR) is 109 cm³/mol. The first-order valence-corrected chi connectivity index (χ1v) is 10.3. The quantitative estimate of drug-likeness (QED) is 0.358. The van der Waals surface area contributed by atoms with Gasteiger partial charge in [0.05, 0.1) is 17.7 Å². The highest BCUT2D eigenvalue weighted by Crippen LogP contribution is 2.18. The summed E-state index contributed by atoms with van der Waals surface area (Å²) in [6.45, 7) is 2.80. The van der Waals surface area contributed by atoms with Crippen molar-refractivity contribution < 1.29 is 13.2 Å². The minimum Gasteiger partial charge on any atom is -0.494 e. The van der Waals surface area contributed by atoms with Gasteiger partial charge in [-0.15, -0.1) is 0 Å². The molecule has 5 nitrogen and oxygen atoms in total. The lowest BCUT2D eigenvalue weighted by Gasteiger charge is -2.06. The lowest BCUT2D eigenvalue weighted by atomic mass is 10.1. The number of hydrazone groups is 1. The Morgan fingerprint density at radius 1 is 1.00 bits per heavy atom. The molecule has 0 radical (unpaired) electrons. The Bertz CT molecular complexity index is 1030. The molecule has 6 heteroatoms. The molecule has 0 fully saturated rings. The van der Waals surface area contributed by atoms with Crippen LogP contribution in [0.2, 0.25) is 0 Å². The second kappa shape index (κ2) is 8.68. The highest BCUT2D eigenvalue weighted by molar-refractivity contribution is 7.89. The summed E-state index contributed by atoms with van der Waals surface area (Å²) in [6.07, 6.45) is 3.57. The molecule has 27 heavy (non-hydrogen) atoms. The number of benzene rings is 3. The molecule has 0 spiro atoms. The van der Waals surface area contributed by atoms with Gasteiger partial charge in [-0.25, -0.2) is 4.83 Å². The van der Waals surface area contributed by atoms with Gasteiger partial charge in [-0.3, -0.25) is 0 Å². The molecule has 0 saturated heterocycles. The van der Waals surface area contributed by atoms with Crippen LogP contribution in [0.25, 0.3) is 10.8 Å². The number of rotatable bonds is 8. The number of fused-ring (bicyclic) bond motifs is 1. The van der Waals surface area contributed by atoms with Crippen LogP contribution in [-0.2, 0) is 10.0 Å². The number of hydrogen-bond donors (Lipinski definition) is 1. The first kappa shape index (κ1) is 18.9. The number of nitrogens with zero attached hydrogens (tertiary/aromatic N) is 1. The zero-order valence-electron chi connectivity index (χ0n) is 15.1. The van der Waals surface area contributed by atoms with E-state index >= 15 is 0 Å². The van der Waals surface area contributed by atoms with Crippen molar-refractivity contribution in [3.63, 3.8) is 0 Å². The van der Waals surface area contributed by atoms with Crippen molar-refractivity contribution in [2.45, 2.75) is 24.7 Å². The summed E-state index contributed by atoms with van der Waals surface area (Å²) in [5.74, 6) is 0.789. The van der Waals surface area contributed by atoms with Crippen molar-refractivity contribution in [2.24, 2.45) is 5.10 Å². The molecule has 0 aliphatic rings. The molecular weight excluding hydrogens is 360 g/mol. The molecule has 0 heterocycles. The number of unbranched alkanes of at least 4 members (excludes halogenated alkanes) is 1. The predicted octanol–water partition coefficient (Wildman–Crippen LogP) is 4.33. The SMILES string of the molecule is CCCCOc1ccc(/C=N\NS(=O)(=O)c2ccc3ccccc3c2)cc1. The second-order valence-corrected chi connectivity index (χ2v) is 7.79. The third-order valence-electron chi connectivity index (χ3n) is 4.06. The Labute approximate surface area is 159 Å². The largest absolute Gasteiger partial charge is 0.494 e. The fourth-order valence-electron chi connectivity index (χ4n) is 2.54. The maximum Gasteiger partial charge on any atom is 0.276 e. The van der Waals surface area contributed by atoms with Gasteiger partial charge in [-0.1, -0.05) is 43.7 Å². The molecule has 0 aliphatic carbocycles. The second-order valence-electron chi connectivity index (χ2n) is 6.13. The van der Waals surface area contributed by atoms with Gasteiger partial charge in [-0.2, -0.15) is 13.5 Å². The van der Waals surface area contributed by atoms with E-state index in [4.69, 9.17) is 4.74 Å². The third kappa shape index (κ3) is 5.08. The molecule has 3 rings (SSSR count). The van der Waals surface area contributed by atoms with Crippen molar-refractivity contribution in [3.8, 4) is 5.75 Å². The van der Waals surface area contributed by atoms with Crippen molar-refractivity contribution in [1.82, 2.24) is 4.83 Å². The van der Waals surface area contributed by atoms with E-state index in [2.05, 4.69) is 16.9 Å². The molecule has 0 saturated carbocycles. The molecular formula is C21H22N2O3S. The molecule has 0 amide bonds. The summed E-state index contributed by atoms with van der Waals surface area (Å²) in [7, 11) is -3.72. The molecule has 0 unspecified atom stereocenters. The monoisotopic (exact) mass is 382 g/mol. The molecule has 3 aromatic carbocycles. The lowest BCUT2D eigenvalue weighted by molar-refractivity contribution is 0.309. The number of nitrogens with one attached hydrogen (secondary N) is 1. The smallest absolute Gasteiger partial charge is 0.276 e.